The van der Waals surface area contributed by atoms with E-state index in [1.807, 2.05) is 6.92 Å². The number of thiophene rings is 1. The smallest absolute Gasteiger partial charge is 0.239 e. The van der Waals surface area contributed by atoms with Crippen LogP contribution >= 0.6 is 11.3 Å². The van der Waals surface area contributed by atoms with E-state index in [9.17, 15) is 10.1 Å². The lowest BCUT2D eigenvalue weighted by atomic mass is 9.96. The van der Waals surface area contributed by atoms with Crippen LogP contribution in [0.3, 0.4) is 0 Å². The van der Waals surface area contributed by atoms with E-state index < -0.39 is 0 Å². The van der Waals surface area contributed by atoms with Gasteiger partial charge in [-0.25, -0.2) is 0 Å². The maximum atomic E-state index is 12.3. The van der Waals surface area contributed by atoms with Gasteiger partial charge in [-0.2, -0.15) is 5.26 Å². The van der Waals surface area contributed by atoms with Gasteiger partial charge in [-0.3, -0.25) is 9.69 Å². The van der Waals surface area contributed by atoms with E-state index in [0.29, 0.717) is 18.7 Å². The number of nitriles is 1. The first-order valence-corrected chi connectivity index (χ1v) is 8.67. The van der Waals surface area contributed by atoms with Crippen molar-refractivity contribution in [1.82, 2.24) is 4.90 Å². The quantitative estimate of drug-likeness (QED) is 0.927. The lowest BCUT2D eigenvalue weighted by Crippen LogP contribution is -2.44. The molecule has 22 heavy (non-hydrogen) atoms. The number of fused-ring (bicyclic) bond motifs is 1. The number of nitrogens with one attached hydrogen (secondary N) is 1. The monoisotopic (exact) mass is 319 g/mol. The molecule has 0 saturated carbocycles. The number of amides is 1. The Morgan fingerprint density at radius 3 is 3.09 bits per heavy atom. The van der Waals surface area contributed by atoms with Crippen LogP contribution in [0.2, 0.25) is 0 Å². The summed E-state index contributed by atoms with van der Waals surface area (Å²) in [6, 6.07) is 2.28. The highest BCUT2D eigenvalue weighted by Gasteiger charge is 2.23. The fourth-order valence-corrected chi connectivity index (χ4v) is 4.43. The molecule has 2 aliphatic rings. The summed E-state index contributed by atoms with van der Waals surface area (Å²) in [6.45, 7) is 4.61. The van der Waals surface area contributed by atoms with E-state index >= 15 is 0 Å². The van der Waals surface area contributed by atoms with Crippen molar-refractivity contribution in [2.45, 2.75) is 38.7 Å². The molecule has 0 spiro atoms. The standard InChI is InChI=1S/C16H21N3O2S/c1-11-9-19(6-7-21-11)10-15(20)18-16-13(8-17)12-4-2-3-5-14(12)22-16/h11H,2-7,9-10H2,1H3,(H,18,20)/t11-/m0/s1. The Bertz CT molecular complexity index is 605. The number of anilines is 1. The largest absolute Gasteiger partial charge is 0.376 e. The summed E-state index contributed by atoms with van der Waals surface area (Å²) in [5.41, 5.74) is 1.84. The molecule has 6 heteroatoms. The Morgan fingerprint density at radius 2 is 2.32 bits per heavy atom. The van der Waals surface area contributed by atoms with Crippen molar-refractivity contribution in [1.29, 1.82) is 5.26 Å². The second-order valence-corrected chi connectivity index (χ2v) is 7.10. The number of carbonyl (C=O) groups is 1. The molecular formula is C16H21N3O2S. The summed E-state index contributed by atoms with van der Waals surface area (Å²) in [4.78, 5) is 15.6. The van der Waals surface area contributed by atoms with Gasteiger partial charge in [-0.05, 0) is 38.2 Å². The summed E-state index contributed by atoms with van der Waals surface area (Å²) >= 11 is 1.58. The van der Waals surface area contributed by atoms with Gasteiger partial charge in [0, 0.05) is 18.0 Å². The normalized spacial score (nSPS) is 21.9. The molecule has 0 radical (unpaired) electrons. The Morgan fingerprint density at radius 1 is 1.50 bits per heavy atom. The molecule has 1 aliphatic carbocycles. The van der Waals surface area contributed by atoms with Gasteiger partial charge < -0.3 is 10.1 Å². The van der Waals surface area contributed by atoms with Gasteiger partial charge in [0.2, 0.25) is 5.91 Å². The van der Waals surface area contributed by atoms with E-state index in [1.165, 1.54) is 11.3 Å². The molecule has 1 saturated heterocycles. The second-order valence-electron chi connectivity index (χ2n) is 5.99. The number of hydrogen-bond donors (Lipinski definition) is 1. The zero-order valence-corrected chi connectivity index (χ0v) is 13.7. The van der Waals surface area contributed by atoms with Crippen molar-refractivity contribution in [3.8, 4) is 6.07 Å². The fraction of sp³-hybridized carbons (Fsp3) is 0.625. The summed E-state index contributed by atoms with van der Waals surface area (Å²) in [5, 5.41) is 13.1. The molecule has 2 heterocycles. The van der Waals surface area contributed by atoms with Crippen molar-refractivity contribution < 1.29 is 9.53 Å². The van der Waals surface area contributed by atoms with E-state index in [2.05, 4.69) is 16.3 Å². The van der Waals surface area contributed by atoms with Crippen molar-refractivity contribution in [3.05, 3.63) is 16.0 Å². The molecule has 0 aromatic carbocycles. The van der Waals surface area contributed by atoms with E-state index in [0.717, 1.165) is 42.9 Å². The lowest BCUT2D eigenvalue weighted by molar-refractivity contribution is -0.119. The zero-order chi connectivity index (χ0) is 15.5. The number of aryl methyl sites for hydroxylation is 1. The number of rotatable bonds is 3. The van der Waals surface area contributed by atoms with Gasteiger partial charge in [-0.1, -0.05) is 0 Å². The maximum Gasteiger partial charge on any atom is 0.239 e. The third-order valence-corrected chi connectivity index (χ3v) is 5.44. The predicted octanol–water partition coefficient (Wildman–Crippen LogP) is 2.16. The molecule has 1 aliphatic heterocycles. The van der Waals surface area contributed by atoms with Crippen molar-refractivity contribution in [3.63, 3.8) is 0 Å². The zero-order valence-electron chi connectivity index (χ0n) is 12.9. The van der Waals surface area contributed by atoms with Gasteiger partial charge in [0.25, 0.3) is 0 Å². The van der Waals surface area contributed by atoms with Gasteiger partial charge in [0.05, 0.1) is 24.8 Å². The molecule has 1 amide bonds. The average molecular weight is 319 g/mol. The number of carbonyl (C=O) groups excluding carboxylic acids is 1. The van der Waals surface area contributed by atoms with Crippen LogP contribution in [-0.4, -0.2) is 43.2 Å². The fourth-order valence-electron chi connectivity index (χ4n) is 3.18. The van der Waals surface area contributed by atoms with Gasteiger partial charge in [0.15, 0.2) is 0 Å². The van der Waals surface area contributed by atoms with Crippen LogP contribution < -0.4 is 5.32 Å². The summed E-state index contributed by atoms with van der Waals surface area (Å²) in [6.07, 6.45) is 4.48. The van der Waals surface area contributed by atoms with Crippen LogP contribution in [0.25, 0.3) is 0 Å². The topological polar surface area (TPSA) is 65.4 Å². The third-order valence-electron chi connectivity index (χ3n) is 4.23. The van der Waals surface area contributed by atoms with Crippen LogP contribution in [0.4, 0.5) is 5.00 Å². The predicted molar refractivity (Wildman–Crippen MR) is 86.2 cm³/mol. The molecule has 1 aromatic rings. The third kappa shape index (κ3) is 3.32. The summed E-state index contributed by atoms with van der Waals surface area (Å²) < 4.78 is 5.49. The Balaban J connectivity index is 1.66. The summed E-state index contributed by atoms with van der Waals surface area (Å²) in [7, 11) is 0. The SMILES string of the molecule is C[C@H]1CN(CC(=O)Nc2sc3c(c2C#N)CCCC3)CCO1. The van der Waals surface area contributed by atoms with Gasteiger partial charge in [-0.15, -0.1) is 11.3 Å². The van der Waals surface area contributed by atoms with Crippen molar-refractivity contribution in [2.75, 3.05) is 31.6 Å². The lowest BCUT2D eigenvalue weighted by Gasteiger charge is -2.30. The summed E-state index contributed by atoms with van der Waals surface area (Å²) in [5.74, 6) is -0.0378. The highest BCUT2D eigenvalue weighted by molar-refractivity contribution is 7.16. The number of morpholine rings is 1. The Hall–Kier alpha value is -1.42. The Kier molecular flexibility index (Phi) is 4.77. The molecule has 118 valence electrons. The number of hydrogen-bond acceptors (Lipinski definition) is 5. The second kappa shape index (κ2) is 6.78. The number of nitrogens with zero attached hydrogens (tertiary/aromatic N) is 2. The molecule has 3 rings (SSSR count). The first-order valence-electron chi connectivity index (χ1n) is 7.86. The molecule has 1 aromatic heterocycles. The average Bonchev–Trinajstić information content (AvgIpc) is 2.83. The molecular weight excluding hydrogens is 298 g/mol. The number of ether oxygens (including phenoxy) is 1. The molecule has 1 fully saturated rings. The highest BCUT2D eigenvalue weighted by atomic mass is 32.1. The molecule has 1 N–H and O–H groups in total. The molecule has 1 atom stereocenters. The molecule has 0 unspecified atom stereocenters. The molecule has 5 nitrogen and oxygen atoms in total. The van der Waals surface area contributed by atoms with Crippen LogP contribution in [0.5, 0.6) is 0 Å². The van der Waals surface area contributed by atoms with Crippen LogP contribution in [0.1, 0.15) is 35.8 Å². The first-order chi connectivity index (χ1) is 10.7. The van der Waals surface area contributed by atoms with Gasteiger partial charge >= 0.3 is 0 Å². The van der Waals surface area contributed by atoms with E-state index in [4.69, 9.17) is 4.74 Å². The van der Waals surface area contributed by atoms with Crippen LogP contribution in [0, 0.1) is 11.3 Å². The minimum absolute atomic E-state index is 0.0378. The maximum absolute atomic E-state index is 12.3. The highest BCUT2D eigenvalue weighted by Crippen LogP contribution is 2.37. The van der Waals surface area contributed by atoms with E-state index in [1.54, 1.807) is 11.3 Å². The van der Waals surface area contributed by atoms with E-state index in [-0.39, 0.29) is 12.0 Å². The Labute approximate surface area is 134 Å². The molecule has 0 bridgehead atoms. The first kappa shape index (κ1) is 15.5. The van der Waals surface area contributed by atoms with Gasteiger partial charge in [0.1, 0.15) is 11.1 Å². The van der Waals surface area contributed by atoms with Crippen molar-refractivity contribution in [2.24, 2.45) is 0 Å². The minimum Gasteiger partial charge on any atom is -0.376 e. The minimum atomic E-state index is -0.0378. The van der Waals surface area contributed by atoms with Crippen LogP contribution in [0.15, 0.2) is 0 Å². The van der Waals surface area contributed by atoms with Crippen LogP contribution in [-0.2, 0) is 22.4 Å². The van der Waals surface area contributed by atoms with Crippen molar-refractivity contribution >= 4 is 22.2 Å².